The van der Waals surface area contributed by atoms with Gasteiger partial charge in [0.1, 0.15) is 24.8 Å². The number of ether oxygens (including phenoxy) is 1. The Balaban J connectivity index is 1.92. The van der Waals surface area contributed by atoms with Gasteiger partial charge in [-0.05, 0) is 42.9 Å². The van der Waals surface area contributed by atoms with Gasteiger partial charge in [-0.1, -0.05) is 26.0 Å². The normalized spacial score (nSPS) is 17.7. The maximum absolute atomic E-state index is 13.2. The Hall–Kier alpha value is -2.97. The van der Waals surface area contributed by atoms with Crippen LogP contribution in [0.15, 0.2) is 24.3 Å². The van der Waals surface area contributed by atoms with Gasteiger partial charge in [0.15, 0.2) is 0 Å². The summed E-state index contributed by atoms with van der Waals surface area (Å²) in [4.78, 5) is 47.9. The second-order valence-corrected chi connectivity index (χ2v) is 7.80. The maximum atomic E-state index is 13.2. The predicted octanol–water partition coefficient (Wildman–Crippen LogP) is 1.68. The molecule has 8 nitrogen and oxygen atoms in total. The summed E-state index contributed by atoms with van der Waals surface area (Å²) in [5.74, 6) is -1.34. The number of alkyl carbamates (subject to hydrolysis) is 1. The summed E-state index contributed by atoms with van der Waals surface area (Å²) in [7, 11) is 0. The van der Waals surface area contributed by atoms with E-state index in [-0.39, 0.29) is 30.8 Å². The van der Waals surface area contributed by atoms with Crippen LogP contribution in [-0.4, -0.2) is 42.8 Å². The fraction of sp³-hybridized carbons (Fsp3) is 0.524. The summed E-state index contributed by atoms with van der Waals surface area (Å²) in [6.07, 6.45) is 0.922. The van der Waals surface area contributed by atoms with E-state index in [9.17, 15) is 23.6 Å². The summed E-state index contributed by atoms with van der Waals surface area (Å²) in [5, 5.41) is 7.80. The van der Waals surface area contributed by atoms with Crippen molar-refractivity contribution in [2.45, 2.75) is 51.8 Å². The second-order valence-electron chi connectivity index (χ2n) is 7.80. The number of aldehydes is 1. The molecule has 2 rings (SSSR count). The van der Waals surface area contributed by atoms with Crippen molar-refractivity contribution >= 4 is 24.2 Å². The number of carbonyl (C=O) groups is 4. The molecule has 3 N–H and O–H groups in total. The number of carbonyl (C=O) groups excluding carboxylic acids is 4. The van der Waals surface area contributed by atoms with Crippen molar-refractivity contribution in [3.8, 4) is 0 Å². The minimum absolute atomic E-state index is 0.0829. The van der Waals surface area contributed by atoms with Crippen LogP contribution in [0.5, 0.6) is 0 Å². The molecular weight excluding hydrogens is 393 g/mol. The molecule has 30 heavy (non-hydrogen) atoms. The smallest absolute Gasteiger partial charge is 0.408 e. The minimum atomic E-state index is -0.912. The first-order valence-electron chi connectivity index (χ1n) is 9.99. The van der Waals surface area contributed by atoms with Crippen molar-refractivity contribution in [1.29, 1.82) is 0 Å². The first-order chi connectivity index (χ1) is 14.3. The number of rotatable bonds is 10. The highest BCUT2D eigenvalue weighted by Gasteiger charge is 2.30. The first-order valence-corrected chi connectivity index (χ1v) is 9.99. The van der Waals surface area contributed by atoms with Crippen LogP contribution in [0.2, 0.25) is 0 Å². The fourth-order valence-corrected chi connectivity index (χ4v) is 3.27. The lowest BCUT2D eigenvalue weighted by molar-refractivity contribution is -0.127. The van der Waals surface area contributed by atoms with Crippen LogP contribution in [0.1, 0.15) is 38.7 Å². The van der Waals surface area contributed by atoms with Crippen molar-refractivity contribution < 1.29 is 28.3 Å². The molecule has 0 saturated carbocycles. The highest BCUT2D eigenvalue weighted by Crippen LogP contribution is 2.16. The van der Waals surface area contributed by atoms with Gasteiger partial charge in [0.05, 0.1) is 6.04 Å². The Morgan fingerprint density at radius 2 is 2.10 bits per heavy atom. The fourth-order valence-electron chi connectivity index (χ4n) is 3.27. The van der Waals surface area contributed by atoms with Gasteiger partial charge < -0.3 is 25.5 Å². The number of amides is 3. The van der Waals surface area contributed by atoms with Crippen LogP contribution >= 0.6 is 0 Å². The van der Waals surface area contributed by atoms with Crippen LogP contribution in [0.4, 0.5) is 9.18 Å². The van der Waals surface area contributed by atoms with Gasteiger partial charge in [-0.2, -0.15) is 0 Å². The summed E-state index contributed by atoms with van der Waals surface area (Å²) < 4.78 is 18.3. The predicted molar refractivity (Wildman–Crippen MR) is 107 cm³/mol. The van der Waals surface area contributed by atoms with Gasteiger partial charge in [0.25, 0.3) is 0 Å². The zero-order valence-electron chi connectivity index (χ0n) is 17.2. The molecule has 1 aromatic carbocycles. The Kier molecular flexibility index (Phi) is 8.76. The molecule has 1 unspecified atom stereocenters. The first kappa shape index (κ1) is 23.3. The van der Waals surface area contributed by atoms with Crippen LogP contribution in [0, 0.1) is 17.7 Å². The van der Waals surface area contributed by atoms with Crippen molar-refractivity contribution in [1.82, 2.24) is 16.0 Å². The lowest BCUT2D eigenvalue weighted by Gasteiger charge is -2.23. The van der Waals surface area contributed by atoms with Gasteiger partial charge in [0, 0.05) is 12.5 Å². The Labute approximate surface area is 174 Å². The Morgan fingerprint density at radius 3 is 2.70 bits per heavy atom. The molecule has 1 saturated heterocycles. The molecule has 0 radical (unpaired) electrons. The molecule has 1 aliphatic rings. The van der Waals surface area contributed by atoms with E-state index in [2.05, 4.69) is 16.0 Å². The van der Waals surface area contributed by atoms with Crippen LogP contribution in [-0.2, 0) is 25.7 Å². The maximum Gasteiger partial charge on any atom is 0.408 e. The molecule has 9 heteroatoms. The van der Waals surface area contributed by atoms with E-state index in [1.165, 1.54) is 18.2 Å². The highest BCUT2D eigenvalue weighted by molar-refractivity contribution is 5.88. The van der Waals surface area contributed by atoms with Crippen LogP contribution in [0.25, 0.3) is 0 Å². The Morgan fingerprint density at radius 1 is 1.33 bits per heavy atom. The number of hydrogen-bond acceptors (Lipinski definition) is 5. The van der Waals surface area contributed by atoms with Crippen molar-refractivity contribution in [2.75, 3.05) is 6.54 Å². The van der Waals surface area contributed by atoms with Crippen molar-refractivity contribution in [3.63, 3.8) is 0 Å². The number of halogens is 1. The van der Waals surface area contributed by atoms with Gasteiger partial charge in [-0.25, -0.2) is 9.18 Å². The summed E-state index contributed by atoms with van der Waals surface area (Å²) in [5.41, 5.74) is 0.478. The molecule has 0 bridgehead atoms. The third kappa shape index (κ3) is 7.46. The van der Waals surface area contributed by atoms with Gasteiger partial charge in [-0.15, -0.1) is 0 Å². The van der Waals surface area contributed by atoms with Crippen LogP contribution < -0.4 is 16.0 Å². The van der Waals surface area contributed by atoms with Crippen LogP contribution in [0.3, 0.4) is 0 Å². The third-order valence-electron chi connectivity index (χ3n) is 4.77. The van der Waals surface area contributed by atoms with Crippen molar-refractivity contribution in [3.05, 3.63) is 35.6 Å². The molecule has 1 heterocycles. The second kappa shape index (κ2) is 11.3. The molecule has 1 aromatic rings. The highest BCUT2D eigenvalue weighted by atomic mass is 19.1. The third-order valence-corrected chi connectivity index (χ3v) is 4.77. The molecule has 3 atom stereocenters. The molecule has 1 aliphatic heterocycles. The summed E-state index contributed by atoms with van der Waals surface area (Å²) >= 11 is 0. The molecule has 1 fully saturated rings. The minimum Gasteiger partial charge on any atom is -0.445 e. The largest absolute Gasteiger partial charge is 0.445 e. The van der Waals surface area contributed by atoms with Gasteiger partial charge in [-0.3, -0.25) is 9.59 Å². The van der Waals surface area contributed by atoms with E-state index in [4.69, 9.17) is 4.74 Å². The van der Waals surface area contributed by atoms with Gasteiger partial charge in [0.2, 0.25) is 11.8 Å². The summed E-state index contributed by atoms with van der Waals surface area (Å²) in [6.45, 7) is 4.19. The topological polar surface area (TPSA) is 114 Å². The lowest BCUT2D eigenvalue weighted by atomic mass is 9.98. The standard InChI is InChI=1S/C21H28FN3O5/c1-13(2)8-18(25-21(29)30-12-14-4-3-5-16(22)9-14)20(28)24-17(11-26)10-15-6-7-23-19(15)27/h3-5,9,11,13,15,17-18H,6-8,10,12H2,1-2H3,(H,23,27)(H,24,28)(H,25,29)/t15?,17-,18-/m0/s1. The lowest BCUT2D eigenvalue weighted by Crippen LogP contribution is -2.51. The SMILES string of the molecule is CC(C)C[C@H](NC(=O)OCc1cccc(F)c1)C(=O)N[C@H](C=O)CC1CCNC1=O. The molecule has 3 amide bonds. The molecule has 0 aromatic heterocycles. The number of nitrogens with one attached hydrogen (secondary N) is 3. The van der Waals surface area contributed by atoms with E-state index in [0.717, 1.165) is 0 Å². The number of benzene rings is 1. The van der Waals surface area contributed by atoms with E-state index in [1.54, 1.807) is 6.07 Å². The quantitative estimate of drug-likeness (QED) is 0.498. The van der Waals surface area contributed by atoms with E-state index in [1.807, 2.05) is 13.8 Å². The molecule has 0 aliphatic carbocycles. The van der Waals surface area contributed by atoms with E-state index >= 15 is 0 Å². The molecular formula is C21H28FN3O5. The number of hydrogen-bond donors (Lipinski definition) is 3. The van der Waals surface area contributed by atoms with Gasteiger partial charge >= 0.3 is 6.09 Å². The zero-order valence-corrected chi connectivity index (χ0v) is 17.2. The van der Waals surface area contributed by atoms with E-state index < -0.39 is 29.9 Å². The monoisotopic (exact) mass is 421 g/mol. The van der Waals surface area contributed by atoms with E-state index in [0.29, 0.717) is 31.2 Å². The van der Waals surface area contributed by atoms with Crippen molar-refractivity contribution in [2.24, 2.45) is 11.8 Å². The average Bonchev–Trinajstić information content (AvgIpc) is 3.09. The zero-order chi connectivity index (χ0) is 22.1. The molecule has 0 spiro atoms. The molecule has 164 valence electrons. The summed E-state index contributed by atoms with van der Waals surface area (Å²) in [6, 6.07) is 3.91. The average molecular weight is 421 g/mol. The Bertz CT molecular complexity index is 771.